The SMILES string of the molecule is CC(=O)O[C@H]1C[C@@H]2CN[C@H]1C2. The molecule has 1 heterocycles. The number of nitrogens with one attached hydrogen (secondary N) is 1. The fraction of sp³-hybridized carbons (Fsp3) is 0.875. The van der Waals surface area contributed by atoms with Crippen LogP contribution in [0.3, 0.4) is 0 Å². The Morgan fingerprint density at radius 2 is 2.36 bits per heavy atom. The summed E-state index contributed by atoms with van der Waals surface area (Å²) in [6.45, 7) is 2.59. The van der Waals surface area contributed by atoms with Crippen molar-refractivity contribution in [3.05, 3.63) is 0 Å². The Bertz CT molecular complexity index is 181. The van der Waals surface area contributed by atoms with Gasteiger partial charge in [-0.1, -0.05) is 0 Å². The first-order valence-corrected chi connectivity index (χ1v) is 4.16. The maximum absolute atomic E-state index is 10.6. The van der Waals surface area contributed by atoms with E-state index in [4.69, 9.17) is 4.74 Å². The van der Waals surface area contributed by atoms with Crippen LogP contribution in [0.2, 0.25) is 0 Å². The molecule has 11 heavy (non-hydrogen) atoms. The van der Waals surface area contributed by atoms with Crippen LogP contribution in [0.1, 0.15) is 19.8 Å². The molecule has 1 saturated heterocycles. The molecule has 3 atom stereocenters. The van der Waals surface area contributed by atoms with Crippen molar-refractivity contribution in [2.24, 2.45) is 5.92 Å². The summed E-state index contributed by atoms with van der Waals surface area (Å²) in [7, 11) is 0. The summed E-state index contributed by atoms with van der Waals surface area (Å²) < 4.78 is 5.14. The van der Waals surface area contributed by atoms with Gasteiger partial charge in [-0.2, -0.15) is 0 Å². The quantitative estimate of drug-likeness (QED) is 0.553. The van der Waals surface area contributed by atoms with Gasteiger partial charge in [0.25, 0.3) is 0 Å². The lowest BCUT2D eigenvalue weighted by atomic mass is 10.1. The van der Waals surface area contributed by atoms with Crippen LogP contribution in [0.15, 0.2) is 0 Å². The van der Waals surface area contributed by atoms with Crippen LogP contribution in [0.4, 0.5) is 0 Å². The van der Waals surface area contributed by atoms with E-state index >= 15 is 0 Å². The Labute approximate surface area is 66.1 Å². The summed E-state index contributed by atoms with van der Waals surface area (Å²) in [6.07, 6.45) is 2.42. The van der Waals surface area contributed by atoms with Gasteiger partial charge in [-0.3, -0.25) is 4.79 Å². The number of rotatable bonds is 1. The van der Waals surface area contributed by atoms with Gasteiger partial charge in [0.1, 0.15) is 6.10 Å². The number of ether oxygens (including phenoxy) is 1. The molecular weight excluding hydrogens is 142 g/mol. The molecule has 0 unspecified atom stereocenters. The third kappa shape index (κ3) is 1.25. The van der Waals surface area contributed by atoms with Crippen LogP contribution >= 0.6 is 0 Å². The Morgan fingerprint density at radius 1 is 1.55 bits per heavy atom. The second kappa shape index (κ2) is 2.48. The van der Waals surface area contributed by atoms with Crippen molar-refractivity contribution in [1.82, 2.24) is 5.32 Å². The highest BCUT2D eigenvalue weighted by molar-refractivity contribution is 5.66. The molecule has 0 aromatic rings. The molecule has 0 amide bonds. The first-order chi connectivity index (χ1) is 5.25. The van der Waals surface area contributed by atoms with Crippen LogP contribution in [-0.2, 0) is 9.53 Å². The van der Waals surface area contributed by atoms with Crippen molar-refractivity contribution in [3.8, 4) is 0 Å². The molecule has 1 aliphatic heterocycles. The zero-order chi connectivity index (χ0) is 7.84. The molecule has 1 N–H and O–H groups in total. The smallest absolute Gasteiger partial charge is 0.302 e. The highest BCUT2D eigenvalue weighted by atomic mass is 16.5. The summed E-state index contributed by atoms with van der Waals surface area (Å²) in [5, 5.41) is 3.33. The summed E-state index contributed by atoms with van der Waals surface area (Å²) >= 11 is 0. The fourth-order valence-corrected chi connectivity index (χ4v) is 2.14. The van der Waals surface area contributed by atoms with Crippen molar-refractivity contribution in [3.63, 3.8) is 0 Å². The van der Waals surface area contributed by atoms with Gasteiger partial charge in [0.05, 0.1) is 0 Å². The molecule has 2 bridgehead atoms. The number of fused-ring (bicyclic) bond motifs is 2. The van der Waals surface area contributed by atoms with E-state index in [-0.39, 0.29) is 12.1 Å². The van der Waals surface area contributed by atoms with E-state index < -0.39 is 0 Å². The largest absolute Gasteiger partial charge is 0.461 e. The molecule has 2 rings (SSSR count). The van der Waals surface area contributed by atoms with E-state index in [1.807, 2.05) is 0 Å². The van der Waals surface area contributed by atoms with E-state index in [2.05, 4.69) is 5.32 Å². The minimum Gasteiger partial charge on any atom is -0.461 e. The monoisotopic (exact) mass is 155 g/mol. The van der Waals surface area contributed by atoms with Gasteiger partial charge in [-0.05, 0) is 25.3 Å². The van der Waals surface area contributed by atoms with Crippen molar-refractivity contribution in [2.45, 2.75) is 31.9 Å². The van der Waals surface area contributed by atoms with Crippen LogP contribution < -0.4 is 5.32 Å². The number of hydrogen-bond donors (Lipinski definition) is 1. The normalized spacial score (nSPS) is 41.0. The van der Waals surface area contributed by atoms with Crippen LogP contribution in [0, 0.1) is 5.92 Å². The summed E-state index contributed by atoms with van der Waals surface area (Å²) in [4.78, 5) is 10.6. The topological polar surface area (TPSA) is 38.3 Å². The Morgan fingerprint density at radius 3 is 2.82 bits per heavy atom. The average Bonchev–Trinajstić information content (AvgIpc) is 2.45. The molecule has 62 valence electrons. The molecule has 0 radical (unpaired) electrons. The standard InChI is InChI=1S/C8H13NO2/c1-5(10)11-8-3-6-2-7(8)9-4-6/h6-9H,2-4H2,1H3/t6-,7+,8+/m1/s1. The van der Waals surface area contributed by atoms with Gasteiger partial charge < -0.3 is 10.1 Å². The van der Waals surface area contributed by atoms with E-state index in [9.17, 15) is 4.79 Å². The minimum absolute atomic E-state index is 0.149. The maximum Gasteiger partial charge on any atom is 0.302 e. The molecule has 1 aliphatic carbocycles. The van der Waals surface area contributed by atoms with Crippen molar-refractivity contribution in [1.29, 1.82) is 0 Å². The van der Waals surface area contributed by atoms with Crippen LogP contribution in [-0.4, -0.2) is 24.7 Å². The van der Waals surface area contributed by atoms with Crippen LogP contribution in [0.25, 0.3) is 0 Å². The second-order valence-corrected chi connectivity index (χ2v) is 3.50. The molecule has 0 aromatic heterocycles. The van der Waals surface area contributed by atoms with Crippen molar-refractivity contribution in [2.75, 3.05) is 6.54 Å². The predicted octanol–water partition coefficient (Wildman–Crippen LogP) is 0.300. The molecule has 0 aromatic carbocycles. The first-order valence-electron chi connectivity index (χ1n) is 4.16. The minimum atomic E-state index is -0.149. The van der Waals surface area contributed by atoms with Gasteiger partial charge in [-0.25, -0.2) is 0 Å². The Balaban J connectivity index is 1.92. The number of esters is 1. The summed E-state index contributed by atoms with van der Waals surface area (Å²) in [5.41, 5.74) is 0. The van der Waals surface area contributed by atoms with Gasteiger partial charge in [0, 0.05) is 13.0 Å². The third-order valence-electron chi connectivity index (χ3n) is 2.59. The molecule has 1 saturated carbocycles. The summed E-state index contributed by atoms with van der Waals surface area (Å²) in [6, 6.07) is 0.448. The third-order valence-corrected chi connectivity index (χ3v) is 2.59. The zero-order valence-electron chi connectivity index (χ0n) is 6.67. The molecule has 0 spiro atoms. The first kappa shape index (κ1) is 7.10. The lowest BCUT2D eigenvalue weighted by Gasteiger charge is -2.21. The van der Waals surface area contributed by atoms with E-state index in [1.165, 1.54) is 13.3 Å². The molecule has 2 fully saturated rings. The number of piperidine rings is 1. The second-order valence-electron chi connectivity index (χ2n) is 3.50. The molecule has 2 aliphatic rings. The van der Waals surface area contributed by atoms with Gasteiger partial charge in [0.2, 0.25) is 0 Å². The van der Waals surface area contributed by atoms with Gasteiger partial charge in [-0.15, -0.1) is 0 Å². The van der Waals surface area contributed by atoms with E-state index in [1.54, 1.807) is 0 Å². The van der Waals surface area contributed by atoms with Gasteiger partial charge in [0.15, 0.2) is 0 Å². The number of carbonyl (C=O) groups is 1. The fourth-order valence-electron chi connectivity index (χ4n) is 2.14. The van der Waals surface area contributed by atoms with Crippen LogP contribution in [0.5, 0.6) is 0 Å². The van der Waals surface area contributed by atoms with E-state index in [0.29, 0.717) is 6.04 Å². The number of hydrogen-bond acceptors (Lipinski definition) is 3. The lowest BCUT2D eigenvalue weighted by molar-refractivity contribution is -0.147. The van der Waals surface area contributed by atoms with Gasteiger partial charge >= 0.3 is 5.97 Å². The van der Waals surface area contributed by atoms with E-state index in [0.717, 1.165) is 18.9 Å². The predicted molar refractivity (Wildman–Crippen MR) is 40.1 cm³/mol. The lowest BCUT2D eigenvalue weighted by Crippen LogP contribution is -2.39. The molecule has 3 nitrogen and oxygen atoms in total. The Kier molecular flexibility index (Phi) is 1.60. The highest BCUT2D eigenvalue weighted by Crippen LogP contribution is 2.32. The highest BCUT2D eigenvalue weighted by Gasteiger charge is 2.41. The maximum atomic E-state index is 10.6. The Hall–Kier alpha value is -0.570. The summed E-state index contributed by atoms with van der Waals surface area (Å²) in [5.74, 6) is 0.605. The van der Waals surface area contributed by atoms with Crippen molar-refractivity contribution >= 4 is 5.97 Å². The molecular formula is C8H13NO2. The molecule has 3 heteroatoms. The zero-order valence-corrected chi connectivity index (χ0v) is 6.67. The number of carbonyl (C=O) groups excluding carboxylic acids is 1. The van der Waals surface area contributed by atoms with Crippen molar-refractivity contribution < 1.29 is 9.53 Å². The average molecular weight is 155 g/mol.